The number of benzene rings is 1. The number of aryl methyl sites for hydroxylation is 2. The van der Waals surface area contributed by atoms with E-state index in [1.165, 1.54) is 12.8 Å². The Morgan fingerprint density at radius 1 is 1.03 bits per heavy atom. The monoisotopic (exact) mass is 388 g/mol. The fourth-order valence-corrected chi connectivity index (χ4v) is 3.38. The molecule has 0 aliphatic rings. The van der Waals surface area contributed by atoms with Gasteiger partial charge in [0.15, 0.2) is 0 Å². The molecule has 0 fully saturated rings. The van der Waals surface area contributed by atoms with Gasteiger partial charge in [-0.3, -0.25) is 4.98 Å². The fraction of sp³-hybridized carbons (Fsp3) is 0.333. The van der Waals surface area contributed by atoms with E-state index in [4.69, 9.17) is 0 Å². The third kappa shape index (κ3) is 4.37. The number of rotatable bonds is 8. The molecule has 0 radical (unpaired) electrons. The quantitative estimate of drug-likeness (QED) is 0.463. The highest BCUT2D eigenvalue weighted by molar-refractivity contribution is 5.79. The first-order valence-electron chi connectivity index (χ1n) is 9.93. The van der Waals surface area contributed by atoms with Crippen molar-refractivity contribution in [2.45, 2.75) is 46.1 Å². The number of nitrogens with zero attached hydrogens (tertiary/aromatic N) is 7. The minimum Gasteiger partial charge on any atom is -0.259 e. The first-order valence-corrected chi connectivity index (χ1v) is 9.93. The summed E-state index contributed by atoms with van der Waals surface area (Å²) in [5.41, 5.74) is 3.89. The van der Waals surface area contributed by atoms with Crippen LogP contribution in [0.4, 0.5) is 0 Å². The van der Waals surface area contributed by atoms with Crippen molar-refractivity contribution in [2.75, 3.05) is 0 Å². The topological polar surface area (TPSA) is 98.1 Å². The largest absolute Gasteiger partial charge is 0.259 e. The first-order chi connectivity index (χ1) is 14.2. The summed E-state index contributed by atoms with van der Waals surface area (Å²) in [5.74, 6) is 2.41. The Kier molecular flexibility index (Phi) is 5.69. The molecule has 0 spiro atoms. The average molecular weight is 388 g/mol. The van der Waals surface area contributed by atoms with Gasteiger partial charge in [-0.25, -0.2) is 9.67 Å². The highest BCUT2D eigenvalue weighted by atomic mass is 15.5. The maximum absolute atomic E-state index is 4.67. The molecule has 4 aromatic rings. The first kappa shape index (κ1) is 18.9. The third-order valence-electron chi connectivity index (χ3n) is 4.82. The van der Waals surface area contributed by atoms with Gasteiger partial charge in [0.2, 0.25) is 5.82 Å². The number of H-pyrrole nitrogens is 1. The minimum absolute atomic E-state index is 0.569. The Morgan fingerprint density at radius 2 is 1.90 bits per heavy atom. The molecule has 0 saturated heterocycles. The Labute approximate surface area is 169 Å². The summed E-state index contributed by atoms with van der Waals surface area (Å²) >= 11 is 0. The lowest BCUT2D eigenvalue weighted by Gasteiger charge is -2.09. The number of pyridine rings is 1. The normalized spacial score (nSPS) is 11.1. The summed E-state index contributed by atoms with van der Waals surface area (Å²) < 4.78 is 1.97. The van der Waals surface area contributed by atoms with E-state index in [1.807, 2.05) is 48.1 Å². The van der Waals surface area contributed by atoms with Gasteiger partial charge < -0.3 is 0 Å². The second kappa shape index (κ2) is 8.72. The summed E-state index contributed by atoms with van der Waals surface area (Å²) in [7, 11) is 0. The Bertz CT molecular complexity index is 1050. The summed E-state index contributed by atoms with van der Waals surface area (Å²) in [4.78, 5) is 9.25. The van der Waals surface area contributed by atoms with E-state index in [0.29, 0.717) is 12.4 Å². The molecule has 0 unspecified atom stereocenters. The van der Waals surface area contributed by atoms with E-state index >= 15 is 0 Å². The molecule has 3 aromatic heterocycles. The second-order valence-corrected chi connectivity index (χ2v) is 7.01. The fourth-order valence-electron chi connectivity index (χ4n) is 3.38. The van der Waals surface area contributed by atoms with E-state index < -0.39 is 0 Å². The van der Waals surface area contributed by atoms with Crippen LogP contribution in [-0.4, -0.2) is 40.4 Å². The van der Waals surface area contributed by atoms with Gasteiger partial charge in [-0.15, -0.1) is 10.2 Å². The summed E-state index contributed by atoms with van der Waals surface area (Å²) in [5, 5.41) is 18.9. The van der Waals surface area contributed by atoms with Crippen molar-refractivity contribution < 1.29 is 0 Å². The molecule has 29 heavy (non-hydrogen) atoms. The van der Waals surface area contributed by atoms with Crippen molar-refractivity contribution in [1.29, 1.82) is 0 Å². The molecule has 0 atom stereocenters. The SMILES string of the molecule is CCCCCc1nc(C)nn1Cc1ccc(-c2ccccc2-c2nn[nH]n2)cn1. The minimum atomic E-state index is 0.569. The number of nitrogens with one attached hydrogen (secondary N) is 1. The van der Waals surface area contributed by atoms with Crippen LogP contribution in [0.1, 0.15) is 43.5 Å². The van der Waals surface area contributed by atoms with Gasteiger partial charge in [0.25, 0.3) is 0 Å². The van der Waals surface area contributed by atoms with Crippen LogP contribution in [0.5, 0.6) is 0 Å². The Hall–Kier alpha value is -3.42. The molecule has 4 rings (SSSR count). The van der Waals surface area contributed by atoms with Gasteiger partial charge in [-0.05, 0) is 30.2 Å². The number of hydrogen-bond donors (Lipinski definition) is 1. The molecule has 0 saturated carbocycles. The Morgan fingerprint density at radius 3 is 2.62 bits per heavy atom. The van der Waals surface area contributed by atoms with E-state index in [-0.39, 0.29) is 0 Å². The van der Waals surface area contributed by atoms with Gasteiger partial charge in [-0.1, -0.05) is 50.1 Å². The zero-order valence-electron chi connectivity index (χ0n) is 16.7. The van der Waals surface area contributed by atoms with Crippen molar-refractivity contribution >= 4 is 0 Å². The molecule has 0 bridgehead atoms. The van der Waals surface area contributed by atoms with Crippen molar-refractivity contribution in [2.24, 2.45) is 0 Å². The molecule has 1 N–H and O–H groups in total. The molecule has 3 heterocycles. The maximum Gasteiger partial charge on any atom is 0.205 e. The molecule has 0 amide bonds. The molecular weight excluding hydrogens is 364 g/mol. The molecule has 8 nitrogen and oxygen atoms in total. The number of unbranched alkanes of at least 4 members (excludes halogenated alkanes) is 2. The van der Waals surface area contributed by atoms with Crippen LogP contribution in [0.3, 0.4) is 0 Å². The van der Waals surface area contributed by atoms with Gasteiger partial charge >= 0.3 is 0 Å². The number of hydrogen-bond acceptors (Lipinski definition) is 6. The standard InChI is InChI=1S/C21H24N8/c1-3-4-5-10-20-23-15(2)26-29(20)14-17-12-11-16(13-22-17)18-8-6-7-9-19(18)21-24-27-28-25-21/h6-9,11-13H,3-5,10,14H2,1-2H3,(H,24,25,27,28). The van der Waals surface area contributed by atoms with Crippen LogP contribution >= 0.6 is 0 Å². The predicted molar refractivity (Wildman–Crippen MR) is 110 cm³/mol. The van der Waals surface area contributed by atoms with Crippen molar-refractivity contribution in [3.63, 3.8) is 0 Å². The molecule has 0 aliphatic heterocycles. The van der Waals surface area contributed by atoms with Crippen LogP contribution in [0.25, 0.3) is 22.5 Å². The lowest BCUT2D eigenvalue weighted by molar-refractivity contribution is 0.599. The van der Waals surface area contributed by atoms with Crippen molar-refractivity contribution in [1.82, 2.24) is 40.4 Å². The van der Waals surface area contributed by atoms with Crippen LogP contribution in [-0.2, 0) is 13.0 Å². The van der Waals surface area contributed by atoms with Gasteiger partial charge in [0.1, 0.15) is 11.6 Å². The lowest BCUT2D eigenvalue weighted by Crippen LogP contribution is -2.08. The average Bonchev–Trinajstić information content (AvgIpc) is 3.39. The Balaban J connectivity index is 1.54. The van der Waals surface area contributed by atoms with Gasteiger partial charge in [-0.2, -0.15) is 10.3 Å². The highest BCUT2D eigenvalue weighted by Gasteiger charge is 2.12. The van der Waals surface area contributed by atoms with Crippen LogP contribution in [0, 0.1) is 6.92 Å². The van der Waals surface area contributed by atoms with E-state index in [0.717, 1.165) is 46.9 Å². The second-order valence-electron chi connectivity index (χ2n) is 7.01. The molecule has 8 heteroatoms. The van der Waals surface area contributed by atoms with Crippen LogP contribution in [0.2, 0.25) is 0 Å². The highest BCUT2D eigenvalue weighted by Crippen LogP contribution is 2.29. The van der Waals surface area contributed by atoms with E-state index in [2.05, 4.69) is 48.7 Å². The lowest BCUT2D eigenvalue weighted by atomic mass is 10.0. The zero-order valence-corrected chi connectivity index (χ0v) is 16.7. The van der Waals surface area contributed by atoms with Crippen LogP contribution in [0.15, 0.2) is 42.6 Å². The van der Waals surface area contributed by atoms with E-state index in [9.17, 15) is 0 Å². The summed E-state index contributed by atoms with van der Waals surface area (Å²) in [6.07, 6.45) is 6.37. The number of aromatic amines is 1. The zero-order chi connectivity index (χ0) is 20.1. The molecular formula is C21H24N8. The molecule has 0 aliphatic carbocycles. The smallest absolute Gasteiger partial charge is 0.205 e. The number of aromatic nitrogens is 8. The third-order valence-corrected chi connectivity index (χ3v) is 4.82. The maximum atomic E-state index is 4.67. The van der Waals surface area contributed by atoms with Gasteiger partial charge in [0, 0.05) is 23.7 Å². The van der Waals surface area contributed by atoms with E-state index in [1.54, 1.807) is 0 Å². The van der Waals surface area contributed by atoms with Gasteiger partial charge in [0.05, 0.1) is 12.2 Å². The summed E-state index contributed by atoms with van der Waals surface area (Å²) in [6.45, 7) is 4.76. The summed E-state index contributed by atoms with van der Waals surface area (Å²) in [6, 6.07) is 12.1. The molecule has 148 valence electrons. The number of tetrazole rings is 1. The molecule has 1 aromatic carbocycles. The van der Waals surface area contributed by atoms with Crippen LogP contribution < -0.4 is 0 Å². The predicted octanol–water partition coefficient (Wildman–Crippen LogP) is 3.61. The van der Waals surface area contributed by atoms with Crippen molar-refractivity contribution in [3.8, 4) is 22.5 Å². The van der Waals surface area contributed by atoms with Crippen molar-refractivity contribution in [3.05, 3.63) is 59.9 Å².